The summed E-state index contributed by atoms with van der Waals surface area (Å²) in [6.07, 6.45) is 24.4. The van der Waals surface area contributed by atoms with Gasteiger partial charge >= 0.3 is 11.9 Å². The average Bonchev–Trinajstić information content (AvgIpc) is 4.11. The van der Waals surface area contributed by atoms with E-state index in [0.29, 0.717) is 45.2 Å². The molecule has 512 valence electrons. The van der Waals surface area contributed by atoms with Gasteiger partial charge in [-0.3, -0.25) is 52.7 Å². The number of carbonyl (C=O) groups excluding carboxylic acids is 8. The maximum absolute atomic E-state index is 12.7. The average molecular weight is 1290 g/mol. The lowest BCUT2D eigenvalue weighted by atomic mass is 9.88. The number of aliphatic carboxylic acids is 2. The van der Waals surface area contributed by atoms with Gasteiger partial charge in [-0.05, 0) is 71.6 Å². The number of H-pyrrole nitrogens is 1. The van der Waals surface area contributed by atoms with Gasteiger partial charge in [-0.2, -0.15) is 5.21 Å². The number of Topliss-reactive ketones (excluding diaryl/α,β-unsaturated/α-hetero) is 3. The molecule has 26 nitrogen and oxygen atoms in total. The number of ketones is 3. The van der Waals surface area contributed by atoms with Gasteiger partial charge in [-0.15, -0.1) is 10.2 Å². The number of amides is 5. The number of carboxylic acids is 2. The van der Waals surface area contributed by atoms with Gasteiger partial charge < -0.3 is 47.1 Å². The third kappa shape index (κ3) is 47.8. The summed E-state index contributed by atoms with van der Waals surface area (Å²) in [6, 6.07) is 0. The second-order valence-corrected chi connectivity index (χ2v) is 25.9. The van der Waals surface area contributed by atoms with E-state index in [2.05, 4.69) is 41.3 Å². The fraction of sp³-hybridized carbons (Fsp3) is 0.823. The lowest BCUT2D eigenvalue weighted by Gasteiger charge is -2.20. The molecule has 0 saturated carbocycles. The van der Waals surface area contributed by atoms with E-state index < -0.39 is 68.8 Å². The number of aromatic amines is 1. The van der Waals surface area contributed by atoms with Gasteiger partial charge in [0.05, 0.1) is 42.9 Å². The second kappa shape index (κ2) is 50.9. The van der Waals surface area contributed by atoms with E-state index >= 15 is 0 Å². The van der Waals surface area contributed by atoms with E-state index in [1.165, 1.54) is 51.4 Å². The van der Waals surface area contributed by atoms with Crippen molar-refractivity contribution in [3.8, 4) is 0 Å². The summed E-state index contributed by atoms with van der Waals surface area (Å²) < 4.78 is 37.6. The van der Waals surface area contributed by atoms with Crippen molar-refractivity contribution in [3.05, 3.63) is 5.82 Å². The predicted octanol–water partition coefficient (Wildman–Crippen LogP) is 6.81. The molecule has 0 saturated heterocycles. The summed E-state index contributed by atoms with van der Waals surface area (Å²) in [7, 11) is -3.80. The van der Waals surface area contributed by atoms with Gasteiger partial charge in [0.2, 0.25) is 39.6 Å². The van der Waals surface area contributed by atoms with Crippen LogP contribution in [0.25, 0.3) is 0 Å². The Kier molecular flexibility index (Phi) is 46.4. The number of aromatic nitrogens is 4. The van der Waals surface area contributed by atoms with Crippen LogP contribution < -0.4 is 32.1 Å². The highest BCUT2D eigenvalue weighted by Crippen LogP contribution is 2.21. The monoisotopic (exact) mass is 1280 g/mol. The minimum absolute atomic E-state index is 0. The van der Waals surface area contributed by atoms with Gasteiger partial charge in [-0.1, -0.05) is 127 Å². The number of rotatable bonds is 62. The Morgan fingerprint density at radius 3 is 1.52 bits per heavy atom. The number of carboxylic acid groups (broad SMARTS) is 2. The number of unbranched alkanes of at least 4 members (excludes halogenated alkanes) is 21. The number of nitrogens with two attached hydrogens (primary N) is 2. The normalized spacial score (nSPS) is 12.6. The summed E-state index contributed by atoms with van der Waals surface area (Å²) in [4.78, 5) is 122. The van der Waals surface area contributed by atoms with Crippen LogP contribution in [0.15, 0.2) is 0 Å². The van der Waals surface area contributed by atoms with Gasteiger partial charge in [0, 0.05) is 84.8 Å². The molecule has 0 aliphatic heterocycles. The summed E-state index contributed by atoms with van der Waals surface area (Å²) in [5.74, 6) is -7.84. The number of aryl methyl sites for hydroxylation is 1. The molecule has 0 bridgehead atoms. The Labute approximate surface area is 529 Å². The van der Waals surface area contributed by atoms with Crippen molar-refractivity contribution in [1.29, 1.82) is 0 Å². The van der Waals surface area contributed by atoms with Crippen molar-refractivity contribution in [3.63, 3.8) is 0 Å². The fourth-order valence-corrected chi connectivity index (χ4v) is 11.0. The zero-order valence-corrected chi connectivity index (χ0v) is 54.4. The first-order valence-electron chi connectivity index (χ1n) is 32.8. The highest BCUT2D eigenvalue weighted by Gasteiger charge is 2.28. The van der Waals surface area contributed by atoms with Crippen LogP contribution in [0.1, 0.15) is 252 Å². The Bertz CT molecular complexity index is 2310. The highest BCUT2D eigenvalue weighted by atomic mass is 32.2. The van der Waals surface area contributed by atoms with Gasteiger partial charge in [0.25, 0.3) is 0 Å². The molecule has 1 aromatic rings. The molecule has 0 aliphatic rings. The SMILES string of the molecule is CC(C)(N)C(=O)C[C@@H](CCCCNC(=O)COCCOCCNC(=O)CCC(CC(=O)CCC(CC(=O)CCCCCCCCCCCNC(=O)CCCS(=O)(=O)NC(=O)CCCCCCCCCCCCCCCc1nn[nH]n1)C(=O)O)C(=O)O)C(N)=O.[HH]. The van der Waals surface area contributed by atoms with Crippen molar-refractivity contribution in [2.24, 2.45) is 29.2 Å². The molecule has 11 N–H and O–H groups in total. The Balaban J connectivity index is 0.0000792. The van der Waals surface area contributed by atoms with E-state index in [-0.39, 0.29) is 134 Å². The number of sulfonamides is 1. The number of ether oxygens (including phenoxy) is 2. The molecule has 89 heavy (non-hydrogen) atoms. The standard InChI is InChI=1S/C62H110N10O16S.H2/c1-62(2,64)53(75)46-48(59(63)80)28-24-26-38-66-58(79)47-88-42-41-87-40-39-67-56(77)36-34-50(61(83)84)45-52(74)35-33-49(60(81)82)44-51(73)29-21-17-13-9-8-12-16-20-25-37-65-55(76)32-27-43-89(85,86)70-57(78)31-23-19-15-11-7-5-3-4-6-10-14-18-22-30-54-68-71-72-69-54;/h48-50H,3-47,64H2,1-2H3,(H2,63,80)(H,65,76)(H,66,79)(H,67,77)(H,70,78)(H,81,82)(H,83,84)(H,68,69,71,72);1H/t48-,49?,50?;/m1./s1. The number of nitrogens with one attached hydrogen (secondary N) is 5. The topological polar surface area (TPSA) is 418 Å². The maximum Gasteiger partial charge on any atom is 0.306 e. The van der Waals surface area contributed by atoms with Crippen LogP contribution in [-0.2, 0) is 73.9 Å². The molecule has 5 amide bonds. The molecule has 1 aromatic heterocycles. The number of hydrogen-bond acceptors (Lipinski definition) is 18. The number of tetrazole rings is 1. The van der Waals surface area contributed by atoms with Crippen LogP contribution in [0.5, 0.6) is 0 Å². The largest absolute Gasteiger partial charge is 0.481 e. The molecule has 0 radical (unpaired) electrons. The lowest BCUT2D eigenvalue weighted by molar-refractivity contribution is -0.145. The molecular weight excluding hydrogens is 1170 g/mol. The minimum Gasteiger partial charge on any atom is -0.481 e. The van der Waals surface area contributed by atoms with Crippen LogP contribution in [0.2, 0.25) is 0 Å². The molecule has 0 fully saturated rings. The molecule has 1 rings (SSSR count). The quantitative estimate of drug-likeness (QED) is 0.0302. The molecule has 3 atom stereocenters. The number of nitrogens with zero attached hydrogens (tertiary/aromatic N) is 3. The van der Waals surface area contributed by atoms with E-state index in [1.54, 1.807) is 13.8 Å². The van der Waals surface area contributed by atoms with Gasteiger partial charge in [0.15, 0.2) is 11.6 Å². The van der Waals surface area contributed by atoms with Crippen molar-refractivity contribution >= 4 is 68.8 Å². The van der Waals surface area contributed by atoms with Gasteiger partial charge in [-0.25, -0.2) is 8.42 Å². The van der Waals surface area contributed by atoms with E-state index in [1.807, 2.05) is 0 Å². The molecule has 0 spiro atoms. The molecule has 1 heterocycles. The van der Waals surface area contributed by atoms with Crippen LogP contribution in [0, 0.1) is 17.8 Å². The number of primary amides is 1. The van der Waals surface area contributed by atoms with Crippen LogP contribution in [-0.4, -0.2) is 155 Å². The summed E-state index contributed by atoms with van der Waals surface area (Å²) in [5, 5.41) is 41.6. The predicted molar refractivity (Wildman–Crippen MR) is 337 cm³/mol. The number of carbonyl (C=O) groups is 10. The van der Waals surface area contributed by atoms with Crippen LogP contribution in [0.3, 0.4) is 0 Å². The highest BCUT2D eigenvalue weighted by molar-refractivity contribution is 7.90. The van der Waals surface area contributed by atoms with Crippen molar-refractivity contribution in [2.45, 2.75) is 257 Å². The summed E-state index contributed by atoms with van der Waals surface area (Å²) in [6.45, 7) is 4.27. The lowest BCUT2D eigenvalue weighted by Crippen LogP contribution is -2.43. The molecule has 27 heteroatoms. The van der Waals surface area contributed by atoms with Crippen molar-refractivity contribution in [2.75, 3.05) is 51.8 Å². The smallest absolute Gasteiger partial charge is 0.306 e. The first kappa shape index (κ1) is 81.2. The van der Waals surface area contributed by atoms with Crippen molar-refractivity contribution in [1.82, 2.24) is 41.3 Å². The number of hydrogen-bond donors (Lipinski definition) is 9. The minimum atomic E-state index is -3.80. The Morgan fingerprint density at radius 1 is 0.517 bits per heavy atom. The zero-order valence-electron chi connectivity index (χ0n) is 53.6. The zero-order chi connectivity index (χ0) is 66.0. The Hall–Kier alpha value is -5.80. The summed E-state index contributed by atoms with van der Waals surface area (Å²) in [5.41, 5.74) is 10.2. The first-order valence-corrected chi connectivity index (χ1v) is 34.5. The van der Waals surface area contributed by atoms with E-state index in [4.69, 9.17) is 20.9 Å². The molecule has 0 aliphatic carbocycles. The van der Waals surface area contributed by atoms with E-state index in [9.17, 15) is 66.6 Å². The fourth-order valence-electron chi connectivity index (χ4n) is 9.88. The third-order valence-electron chi connectivity index (χ3n) is 15.4. The van der Waals surface area contributed by atoms with Crippen LogP contribution >= 0.6 is 0 Å². The second-order valence-electron chi connectivity index (χ2n) is 24.1. The van der Waals surface area contributed by atoms with Crippen molar-refractivity contribution < 1.29 is 77.5 Å². The molecular formula is C62H112N10O16S. The first-order chi connectivity index (χ1) is 42.5. The molecule has 2 unspecified atom stereocenters. The Morgan fingerprint density at radius 2 is 0.978 bits per heavy atom. The maximum atomic E-state index is 12.7. The third-order valence-corrected chi connectivity index (χ3v) is 16.8. The molecule has 0 aromatic carbocycles. The van der Waals surface area contributed by atoms with Crippen LogP contribution in [0.4, 0.5) is 0 Å². The van der Waals surface area contributed by atoms with Gasteiger partial charge in [0.1, 0.15) is 18.2 Å². The van der Waals surface area contributed by atoms with E-state index in [0.717, 1.165) is 89.3 Å². The summed E-state index contributed by atoms with van der Waals surface area (Å²) >= 11 is 0.